The summed E-state index contributed by atoms with van der Waals surface area (Å²) in [7, 11) is 0. The Hall–Kier alpha value is -0.650. The number of rotatable bonds is 8. The van der Waals surface area contributed by atoms with Gasteiger partial charge in [-0.1, -0.05) is 64.2 Å². The summed E-state index contributed by atoms with van der Waals surface area (Å²) in [6.07, 6.45) is 13.9. The third kappa shape index (κ3) is 9.40. The van der Waals surface area contributed by atoms with Gasteiger partial charge in [-0.25, -0.2) is 0 Å². The van der Waals surface area contributed by atoms with Gasteiger partial charge in [0, 0.05) is 12.3 Å². The van der Waals surface area contributed by atoms with Crippen LogP contribution in [0, 0.1) is 35.5 Å². The Morgan fingerprint density at radius 2 is 1.37 bits per heavy atom. The van der Waals surface area contributed by atoms with Crippen LogP contribution in [0.5, 0.6) is 0 Å². The lowest BCUT2D eigenvalue weighted by Gasteiger charge is -2.37. The summed E-state index contributed by atoms with van der Waals surface area (Å²) in [6, 6.07) is 0. The smallest absolute Gasteiger partial charge is 0.171 e. The molecule has 2 aliphatic rings. The molecule has 0 radical (unpaired) electrons. The topological polar surface area (TPSA) is 0 Å². The van der Waals surface area contributed by atoms with Crippen LogP contribution in [0.15, 0.2) is 0 Å². The Balaban J connectivity index is 1.57. The SMILES string of the molecule is CCCCCCCC1CCC(C2CCC(C#CCCC(F)(F)F)CC2)CC1. The predicted octanol–water partition coefficient (Wildman–Crippen LogP) is 8.31. The fourth-order valence-electron chi connectivity index (χ4n) is 5.14. The largest absolute Gasteiger partial charge is 0.390 e. The van der Waals surface area contributed by atoms with Crippen molar-refractivity contribution in [1.82, 2.24) is 0 Å². The Morgan fingerprint density at radius 3 is 1.96 bits per heavy atom. The molecule has 0 saturated heterocycles. The molecule has 156 valence electrons. The van der Waals surface area contributed by atoms with E-state index in [1.165, 1.54) is 77.0 Å². The first-order valence-corrected chi connectivity index (χ1v) is 11.5. The second-order valence-electron chi connectivity index (χ2n) is 9.03. The van der Waals surface area contributed by atoms with Crippen LogP contribution in [0.4, 0.5) is 13.2 Å². The molecule has 0 aromatic carbocycles. The van der Waals surface area contributed by atoms with Gasteiger partial charge in [-0.05, 0) is 56.3 Å². The van der Waals surface area contributed by atoms with Crippen LogP contribution in [0.3, 0.4) is 0 Å². The average molecular weight is 385 g/mol. The van der Waals surface area contributed by atoms with Crippen molar-refractivity contribution >= 4 is 0 Å². The third-order valence-electron chi connectivity index (χ3n) is 6.89. The highest BCUT2D eigenvalue weighted by molar-refractivity contribution is 5.05. The molecule has 2 saturated carbocycles. The summed E-state index contributed by atoms with van der Waals surface area (Å²) in [6.45, 7) is 2.27. The molecule has 0 aromatic heterocycles. The average Bonchev–Trinajstić information content (AvgIpc) is 2.65. The van der Waals surface area contributed by atoms with E-state index < -0.39 is 12.6 Å². The summed E-state index contributed by atoms with van der Waals surface area (Å²) in [5, 5.41) is 0. The van der Waals surface area contributed by atoms with Crippen LogP contribution in [0.2, 0.25) is 0 Å². The molecule has 2 rings (SSSR count). The molecule has 27 heavy (non-hydrogen) atoms. The summed E-state index contributed by atoms with van der Waals surface area (Å²) in [4.78, 5) is 0. The lowest BCUT2D eigenvalue weighted by atomic mass is 9.69. The minimum Gasteiger partial charge on any atom is -0.171 e. The van der Waals surface area contributed by atoms with E-state index in [0.29, 0.717) is 5.92 Å². The lowest BCUT2D eigenvalue weighted by Crippen LogP contribution is -2.25. The maximum absolute atomic E-state index is 12.2. The molecule has 0 amide bonds. The summed E-state index contributed by atoms with van der Waals surface area (Å²) in [5.41, 5.74) is 0. The molecule has 2 fully saturated rings. The van der Waals surface area contributed by atoms with Crippen molar-refractivity contribution in [2.24, 2.45) is 23.7 Å². The van der Waals surface area contributed by atoms with Gasteiger partial charge in [0.1, 0.15) is 0 Å². The van der Waals surface area contributed by atoms with E-state index in [1.807, 2.05) is 0 Å². The summed E-state index contributed by atoms with van der Waals surface area (Å²) in [5.74, 6) is 8.95. The monoisotopic (exact) mass is 384 g/mol. The second-order valence-corrected chi connectivity index (χ2v) is 9.03. The lowest BCUT2D eigenvalue weighted by molar-refractivity contribution is -0.133. The summed E-state index contributed by atoms with van der Waals surface area (Å²) >= 11 is 0. The normalized spacial score (nSPS) is 29.2. The molecule has 0 aliphatic heterocycles. The molecule has 0 atom stereocenters. The fraction of sp³-hybridized carbons (Fsp3) is 0.917. The first-order valence-electron chi connectivity index (χ1n) is 11.5. The van der Waals surface area contributed by atoms with Crippen LogP contribution in [-0.4, -0.2) is 6.18 Å². The number of hydrogen-bond acceptors (Lipinski definition) is 0. The van der Waals surface area contributed by atoms with E-state index in [4.69, 9.17) is 0 Å². The zero-order chi connectivity index (χ0) is 19.5. The minimum atomic E-state index is -4.07. The van der Waals surface area contributed by atoms with Crippen LogP contribution < -0.4 is 0 Å². The van der Waals surface area contributed by atoms with Crippen molar-refractivity contribution in [1.29, 1.82) is 0 Å². The van der Waals surface area contributed by atoms with E-state index in [-0.39, 0.29) is 6.42 Å². The van der Waals surface area contributed by atoms with E-state index in [2.05, 4.69) is 18.8 Å². The first kappa shape index (κ1) is 22.6. The Labute approximate surface area is 165 Å². The van der Waals surface area contributed by atoms with Gasteiger partial charge in [0.25, 0.3) is 0 Å². The highest BCUT2D eigenvalue weighted by Crippen LogP contribution is 2.42. The van der Waals surface area contributed by atoms with Crippen molar-refractivity contribution in [3.05, 3.63) is 0 Å². The van der Waals surface area contributed by atoms with Gasteiger partial charge in [0.2, 0.25) is 0 Å². The molecular formula is C24H39F3. The van der Waals surface area contributed by atoms with Crippen LogP contribution in [-0.2, 0) is 0 Å². The standard InChI is InChI=1S/C24H39F3/c1-2-3-4-5-6-9-20-11-15-22(16-12-20)23-17-13-21(14-18-23)10-7-8-19-24(25,26)27/h20-23H,2-6,8-9,11-19H2,1H3. The van der Waals surface area contributed by atoms with Gasteiger partial charge in [0.05, 0.1) is 6.42 Å². The first-order chi connectivity index (χ1) is 13.0. The van der Waals surface area contributed by atoms with Crippen LogP contribution in [0.1, 0.15) is 110 Å². The molecule has 3 heteroatoms. The van der Waals surface area contributed by atoms with Crippen molar-refractivity contribution in [3.8, 4) is 11.8 Å². The number of halogens is 3. The molecule has 2 aliphatic carbocycles. The van der Waals surface area contributed by atoms with Gasteiger partial charge in [-0.15, -0.1) is 5.92 Å². The molecule has 0 nitrogen and oxygen atoms in total. The van der Waals surface area contributed by atoms with E-state index >= 15 is 0 Å². The van der Waals surface area contributed by atoms with Crippen molar-refractivity contribution in [2.45, 2.75) is 116 Å². The molecule has 0 unspecified atom stereocenters. The van der Waals surface area contributed by atoms with E-state index in [0.717, 1.165) is 30.6 Å². The van der Waals surface area contributed by atoms with Crippen LogP contribution >= 0.6 is 0 Å². The molecule has 0 heterocycles. The van der Waals surface area contributed by atoms with Crippen LogP contribution in [0.25, 0.3) is 0 Å². The number of unbranched alkanes of at least 4 members (excludes halogenated alkanes) is 4. The second kappa shape index (κ2) is 12.0. The van der Waals surface area contributed by atoms with E-state index in [1.54, 1.807) is 0 Å². The van der Waals surface area contributed by atoms with Crippen molar-refractivity contribution in [2.75, 3.05) is 0 Å². The number of alkyl halides is 3. The Morgan fingerprint density at radius 1 is 0.778 bits per heavy atom. The molecule has 0 spiro atoms. The maximum Gasteiger partial charge on any atom is 0.390 e. The zero-order valence-electron chi connectivity index (χ0n) is 17.3. The highest BCUT2D eigenvalue weighted by Gasteiger charge is 2.30. The molecule has 0 N–H and O–H groups in total. The van der Waals surface area contributed by atoms with Gasteiger partial charge in [0.15, 0.2) is 0 Å². The van der Waals surface area contributed by atoms with Gasteiger partial charge in [-0.3, -0.25) is 0 Å². The maximum atomic E-state index is 12.2. The molecule has 0 bridgehead atoms. The Kier molecular flexibility index (Phi) is 10.1. The number of hydrogen-bond donors (Lipinski definition) is 0. The van der Waals surface area contributed by atoms with E-state index in [9.17, 15) is 13.2 Å². The molecule has 0 aromatic rings. The predicted molar refractivity (Wildman–Crippen MR) is 107 cm³/mol. The van der Waals surface area contributed by atoms with Crippen molar-refractivity contribution in [3.63, 3.8) is 0 Å². The fourth-order valence-corrected chi connectivity index (χ4v) is 5.14. The third-order valence-corrected chi connectivity index (χ3v) is 6.89. The highest BCUT2D eigenvalue weighted by atomic mass is 19.4. The quantitative estimate of drug-likeness (QED) is 0.291. The molecular weight excluding hydrogens is 345 g/mol. The summed E-state index contributed by atoms with van der Waals surface area (Å²) < 4.78 is 36.5. The Bertz CT molecular complexity index is 440. The van der Waals surface area contributed by atoms with Gasteiger partial charge >= 0.3 is 6.18 Å². The van der Waals surface area contributed by atoms with Gasteiger partial charge in [-0.2, -0.15) is 13.2 Å². The zero-order valence-corrected chi connectivity index (χ0v) is 17.3. The van der Waals surface area contributed by atoms with Crippen molar-refractivity contribution < 1.29 is 13.2 Å². The minimum absolute atomic E-state index is 0.0358. The van der Waals surface area contributed by atoms with Gasteiger partial charge < -0.3 is 0 Å².